The van der Waals surface area contributed by atoms with Gasteiger partial charge in [-0.25, -0.2) is 4.79 Å². The molecule has 8 nitrogen and oxygen atoms in total. The highest BCUT2D eigenvalue weighted by atomic mass is 16.6. The van der Waals surface area contributed by atoms with Gasteiger partial charge in [-0.3, -0.25) is 9.59 Å². The van der Waals surface area contributed by atoms with Crippen molar-refractivity contribution in [1.82, 2.24) is 0 Å². The van der Waals surface area contributed by atoms with Crippen LogP contribution in [0.15, 0.2) is 35.5 Å². The number of carbonyl (C=O) groups excluding carboxylic acids is 3. The zero-order valence-corrected chi connectivity index (χ0v) is 17.6. The molecule has 0 aromatic carbocycles. The molecule has 30 heavy (non-hydrogen) atoms. The minimum Gasteiger partial charge on any atom is -0.457 e. The highest BCUT2D eigenvalue weighted by Crippen LogP contribution is 2.37. The molecule has 2 N–H and O–H groups in total. The van der Waals surface area contributed by atoms with Crippen molar-refractivity contribution in [2.75, 3.05) is 13.2 Å². The lowest BCUT2D eigenvalue weighted by Gasteiger charge is -2.34. The molecule has 0 unspecified atom stereocenters. The Kier molecular flexibility index (Phi) is 8.37. The fourth-order valence-corrected chi connectivity index (χ4v) is 3.56. The average Bonchev–Trinajstić information content (AvgIpc) is 2.99. The van der Waals surface area contributed by atoms with Gasteiger partial charge in [-0.1, -0.05) is 26.5 Å². The van der Waals surface area contributed by atoms with Gasteiger partial charge in [-0.05, 0) is 36.5 Å². The summed E-state index contributed by atoms with van der Waals surface area (Å²) in [7, 11) is 0. The normalized spacial score (nSPS) is 31.4. The summed E-state index contributed by atoms with van der Waals surface area (Å²) >= 11 is 0. The first kappa shape index (κ1) is 23.8. The molecule has 1 aliphatic carbocycles. The van der Waals surface area contributed by atoms with Gasteiger partial charge in [0.15, 0.2) is 12.2 Å². The van der Waals surface area contributed by atoms with Crippen molar-refractivity contribution in [3.05, 3.63) is 35.5 Å². The Morgan fingerprint density at radius 3 is 2.57 bits per heavy atom. The van der Waals surface area contributed by atoms with Gasteiger partial charge in [-0.15, -0.1) is 0 Å². The van der Waals surface area contributed by atoms with Gasteiger partial charge >= 0.3 is 17.9 Å². The molecule has 0 aromatic heterocycles. The Hall–Kier alpha value is -2.45. The first-order chi connectivity index (χ1) is 14.2. The zero-order chi connectivity index (χ0) is 22.4. The van der Waals surface area contributed by atoms with Crippen molar-refractivity contribution in [3.8, 4) is 0 Å². The summed E-state index contributed by atoms with van der Waals surface area (Å²) in [5, 5.41) is 19.6. The number of rotatable bonds is 6. The summed E-state index contributed by atoms with van der Waals surface area (Å²) in [6.45, 7) is 7.89. The van der Waals surface area contributed by atoms with Crippen LogP contribution in [0.4, 0.5) is 0 Å². The lowest BCUT2D eigenvalue weighted by atomic mass is 9.83. The third-order valence-corrected chi connectivity index (χ3v) is 5.50. The van der Waals surface area contributed by atoms with Crippen LogP contribution in [-0.2, 0) is 28.6 Å². The van der Waals surface area contributed by atoms with Crippen LogP contribution in [-0.4, -0.2) is 59.6 Å². The molecule has 1 saturated heterocycles. The van der Waals surface area contributed by atoms with Crippen LogP contribution in [0.3, 0.4) is 0 Å². The van der Waals surface area contributed by atoms with E-state index in [1.165, 1.54) is 6.92 Å². The largest absolute Gasteiger partial charge is 0.457 e. The van der Waals surface area contributed by atoms with Gasteiger partial charge in [0, 0.05) is 12.5 Å². The first-order valence-corrected chi connectivity index (χ1v) is 10.1. The number of allylic oxidation sites excluding steroid dienone is 1. The average molecular weight is 422 g/mol. The Morgan fingerprint density at radius 1 is 1.30 bits per heavy atom. The molecule has 0 aromatic rings. The van der Waals surface area contributed by atoms with E-state index in [9.17, 15) is 24.6 Å². The monoisotopic (exact) mass is 422 g/mol. The highest BCUT2D eigenvalue weighted by molar-refractivity contribution is 5.91. The van der Waals surface area contributed by atoms with Crippen molar-refractivity contribution >= 4 is 17.9 Å². The second-order valence-corrected chi connectivity index (χ2v) is 7.62. The van der Waals surface area contributed by atoms with Gasteiger partial charge in [0.25, 0.3) is 0 Å². The summed E-state index contributed by atoms with van der Waals surface area (Å²) in [5.74, 6) is -3.07. The zero-order valence-electron chi connectivity index (χ0n) is 17.6. The smallest absolute Gasteiger partial charge is 0.334 e. The summed E-state index contributed by atoms with van der Waals surface area (Å²) in [5.41, 5.74) is 1.06. The molecule has 0 bridgehead atoms. The number of hydrogen-bond donors (Lipinski definition) is 2. The standard InChI is InChI=1S/C22H30O8/c1-5-12(2)21(26)30-20-18-13(3)22(27)29-17(18)9-15(10-23)7-6-8-16(11-24)19(20)28-14(4)25/h8-9,12,17-20,23-24H,3,5-7,10-11H2,1-2,4H3/b15-9+,16-8-/t12-,17+,18-,19-,20+/m0/s1. The van der Waals surface area contributed by atoms with E-state index in [4.69, 9.17) is 14.2 Å². The minimum absolute atomic E-state index is 0.0745. The Bertz CT molecular complexity index is 750. The Balaban J connectivity index is 2.61. The molecule has 0 spiro atoms. The first-order valence-electron chi connectivity index (χ1n) is 10.1. The number of esters is 3. The third kappa shape index (κ3) is 5.37. The molecule has 0 saturated carbocycles. The summed E-state index contributed by atoms with van der Waals surface area (Å²) in [6.07, 6.45) is 1.67. The van der Waals surface area contributed by atoms with Crippen LogP contribution in [0.1, 0.15) is 40.0 Å². The van der Waals surface area contributed by atoms with E-state index < -0.39 is 54.7 Å². The van der Waals surface area contributed by atoms with Crippen molar-refractivity contribution in [2.24, 2.45) is 11.8 Å². The van der Waals surface area contributed by atoms with E-state index in [-0.39, 0.29) is 12.2 Å². The predicted molar refractivity (Wildman–Crippen MR) is 107 cm³/mol. The van der Waals surface area contributed by atoms with E-state index in [0.717, 1.165) is 0 Å². The molecule has 0 radical (unpaired) electrons. The maximum atomic E-state index is 12.7. The Labute approximate surface area is 176 Å². The molecule has 0 amide bonds. The third-order valence-electron chi connectivity index (χ3n) is 5.50. The van der Waals surface area contributed by atoms with E-state index in [1.54, 1.807) is 19.1 Å². The number of ether oxygens (including phenoxy) is 3. The lowest BCUT2D eigenvalue weighted by Crippen LogP contribution is -2.46. The molecular formula is C22H30O8. The maximum absolute atomic E-state index is 12.7. The topological polar surface area (TPSA) is 119 Å². The minimum atomic E-state index is -1.13. The second kappa shape index (κ2) is 10.5. The SMILES string of the molecule is C=C1C(=O)O[C@@H]2/C=C(/CO)CC/C=C(/CO)[C@H](OC(C)=O)[C@H](OC(=O)[C@@H](C)CC)[C@@H]12. The molecule has 166 valence electrons. The summed E-state index contributed by atoms with van der Waals surface area (Å²) in [4.78, 5) is 36.8. The molecule has 1 aliphatic heterocycles. The quantitative estimate of drug-likeness (QED) is 0.287. The van der Waals surface area contributed by atoms with Gasteiger partial charge in [0.2, 0.25) is 0 Å². The molecule has 5 atom stereocenters. The number of carbonyl (C=O) groups is 3. The van der Waals surface area contributed by atoms with E-state index in [0.29, 0.717) is 30.4 Å². The van der Waals surface area contributed by atoms with Crippen molar-refractivity contribution in [2.45, 2.75) is 58.3 Å². The number of hydrogen-bond acceptors (Lipinski definition) is 8. The van der Waals surface area contributed by atoms with Gasteiger partial charge in [-0.2, -0.15) is 0 Å². The Morgan fingerprint density at radius 2 is 2.00 bits per heavy atom. The molecular weight excluding hydrogens is 392 g/mol. The number of aliphatic hydroxyl groups excluding tert-OH is 2. The van der Waals surface area contributed by atoms with Crippen molar-refractivity contribution in [1.29, 1.82) is 0 Å². The van der Waals surface area contributed by atoms with Crippen LogP contribution in [0.2, 0.25) is 0 Å². The molecule has 1 heterocycles. The fourth-order valence-electron chi connectivity index (χ4n) is 3.56. The van der Waals surface area contributed by atoms with E-state index >= 15 is 0 Å². The van der Waals surface area contributed by atoms with Crippen LogP contribution in [0.25, 0.3) is 0 Å². The molecule has 2 rings (SSSR count). The summed E-state index contributed by atoms with van der Waals surface area (Å²) in [6, 6.07) is 0. The van der Waals surface area contributed by atoms with Crippen molar-refractivity contribution < 1.29 is 38.8 Å². The van der Waals surface area contributed by atoms with Crippen molar-refractivity contribution in [3.63, 3.8) is 0 Å². The van der Waals surface area contributed by atoms with Crippen LogP contribution >= 0.6 is 0 Å². The number of fused-ring (bicyclic) bond motifs is 1. The number of aliphatic hydroxyl groups is 2. The highest BCUT2D eigenvalue weighted by Gasteiger charge is 2.49. The van der Waals surface area contributed by atoms with Gasteiger partial charge in [0.1, 0.15) is 6.10 Å². The molecule has 1 fully saturated rings. The van der Waals surface area contributed by atoms with Gasteiger partial charge < -0.3 is 24.4 Å². The molecule has 2 aliphatic rings. The lowest BCUT2D eigenvalue weighted by molar-refractivity contribution is -0.171. The van der Waals surface area contributed by atoms with E-state index in [2.05, 4.69) is 6.58 Å². The fraction of sp³-hybridized carbons (Fsp3) is 0.591. The van der Waals surface area contributed by atoms with E-state index in [1.807, 2.05) is 6.92 Å². The maximum Gasteiger partial charge on any atom is 0.334 e. The van der Waals surface area contributed by atoms with Crippen LogP contribution in [0.5, 0.6) is 0 Å². The second-order valence-electron chi connectivity index (χ2n) is 7.62. The predicted octanol–water partition coefficient (Wildman–Crippen LogP) is 1.60. The van der Waals surface area contributed by atoms with Crippen LogP contribution in [0, 0.1) is 11.8 Å². The van der Waals surface area contributed by atoms with Gasteiger partial charge in [0.05, 0.1) is 25.0 Å². The summed E-state index contributed by atoms with van der Waals surface area (Å²) < 4.78 is 16.7. The van der Waals surface area contributed by atoms with Crippen LogP contribution < -0.4 is 0 Å². The molecule has 8 heteroatoms.